The van der Waals surface area contributed by atoms with E-state index in [9.17, 15) is 0 Å². The first-order valence-corrected chi connectivity index (χ1v) is 18.7. The minimum atomic E-state index is -0.500. The molecule has 0 saturated heterocycles. The fraction of sp³-hybridized carbons (Fsp3) is 0.0189. The zero-order valence-corrected chi connectivity index (χ0v) is 29.8. The summed E-state index contributed by atoms with van der Waals surface area (Å²) < 4.78 is 0. The summed E-state index contributed by atoms with van der Waals surface area (Å²) >= 11 is 0. The average molecular weight is 688 g/mol. The summed E-state index contributed by atoms with van der Waals surface area (Å²) in [6.45, 7) is 0. The highest BCUT2D eigenvalue weighted by Gasteiger charge is 2.47. The Morgan fingerprint density at radius 3 is 1.63 bits per heavy atom. The molecule has 0 radical (unpaired) electrons. The van der Waals surface area contributed by atoms with Crippen molar-refractivity contribution < 1.29 is 0 Å². The second kappa shape index (κ2) is 13.2. The van der Waals surface area contributed by atoms with E-state index >= 15 is 0 Å². The summed E-state index contributed by atoms with van der Waals surface area (Å²) in [6, 6.07) is 82.0. The molecular weight excluding hydrogens is 651 g/mol. The van der Waals surface area contributed by atoms with Crippen molar-refractivity contribution in [1.29, 1.82) is 0 Å². The van der Waals surface area contributed by atoms with Crippen molar-refractivity contribution in [1.82, 2.24) is 0 Å². The van der Waals surface area contributed by atoms with Gasteiger partial charge < -0.3 is 4.90 Å². The van der Waals surface area contributed by atoms with E-state index in [1.807, 2.05) is 0 Å². The third-order valence-corrected chi connectivity index (χ3v) is 11.1. The second-order valence-corrected chi connectivity index (χ2v) is 14.0. The van der Waals surface area contributed by atoms with Gasteiger partial charge in [0.2, 0.25) is 0 Å². The molecule has 0 N–H and O–H groups in total. The molecule has 0 fully saturated rings. The van der Waals surface area contributed by atoms with E-state index in [4.69, 9.17) is 0 Å². The van der Waals surface area contributed by atoms with E-state index in [1.54, 1.807) is 0 Å². The molecule has 54 heavy (non-hydrogen) atoms. The van der Waals surface area contributed by atoms with Gasteiger partial charge in [-0.25, -0.2) is 0 Å². The van der Waals surface area contributed by atoms with E-state index < -0.39 is 5.41 Å². The van der Waals surface area contributed by atoms with Crippen LogP contribution in [-0.4, -0.2) is 0 Å². The molecule has 0 heterocycles. The van der Waals surface area contributed by atoms with Gasteiger partial charge in [0.15, 0.2) is 0 Å². The maximum atomic E-state index is 2.50. The molecule has 0 atom stereocenters. The van der Waals surface area contributed by atoms with Gasteiger partial charge in [0.25, 0.3) is 0 Å². The molecule has 0 bridgehead atoms. The van der Waals surface area contributed by atoms with Crippen LogP contribution in [0, 0.1) is 0 Å². The predicted molar refractivity (Wildman–Crippen MR) is 227 cm³/mol. The number of rotatable bonds is 7. The van der Waals surface area contributed by atoms with E-state index in [-0.39, 0.29) is 0 Å². The standard InChI is InChI=1S/C53H37N/c1-4-19-39(20-5-1)46-30-13-15-35-50(46)54(43-28-16-23-40(37-43)45-32-17-22-38-21-10-11-29-44(38)45)51-36-18-34-49-52(51)47-31-12-14-33-48(47)53(49,41-24-6-2-7-25-41)42-26-8-3-9-27-42/h1-37H. The van der Waals surface area contributed by atoms with E-state index in [0.29, 0.717) is 0 Å². The first kappa shape index (κ1) is 31.7. The molecule has 1 aliphatic carbocycles. The highest BCUT2D eigenvalue weighted by atomic mass is 15.1. The number of para-hydroxylation sites is 1. The van der Waals surface area contributed by atoms with Gasteiger partial charge in [-0.1, -0.05) is 200 Å². The molecule has 1 nitrogen and oxygen atoms in total. The lowest BCUT2D eigenvalue weighted by molar-refractivity contribution is 0.768. The quantitative estimate of drug-likeness (QED) is 0.161. The Balaban J connectivity index is 1.29. The third-order valence-electron chi connectivity index (χ3n) is 11.1. The molecule has 1 aliphatic rings. The Hall–Kier alpha value is -6.96. The molecule has 9 aromatic carbocycles. The van der Waals surface area contributed by atoms with Crippen LogP contribution in [0.1, 0.15) is 22.3 Å². The Bertz CT molecular complexity index is 2720. The van der Waals surface area contributed by atoms with Crippen LogP contribution in [0.2, 0.25) is 0 Å². The van der Waals surface area contributed by atoms with E-state index in [0.717, 1.165) is 17.1 Å². The lowest BCUT2D eigenvalue weighted by Crippen LogP contribution is -2.28. The molecule has 0 aromatic heterocycles. The maximum Gasteiger partial charge on any atom is 0.0714 e. The van der Waals surface area contributed by atoms with Crippen LogP contribution < -0.4 is 4.90 Å². The second-order valence-electron chi connectivity index (χ2n) is 14.0. The first-order valence-electron chi connectivity index (χ1n) is 18.7. The average Bonchev–Trinajstić information content (AvgIpc) is 3.56. The Labute approximate surface area is 317 Å². The zero-order valence-electron chi connectivity index (χ0n) is 29.8. The summed E-state index contributed by atoms with van der Waals surface area (Å²) in [7, 11) is 0. The van der Waals surface area contributed by atoms with Crippen molar-refractivity contribution in [2.24, 2.45) is 0 Å². The number of fused-ring (bicyclic) bond motifs is 4. The summed E-state index contributed by atoms with van der Waals surface area (Å²) in [6.07, 6.45) is 0. The molecule has 0 aliphatic heterocycles. The van der Waals surface area contributed by atoms with Crippen LogP contribution in [0.25, 0.3) is 44.2 Å². The van der Waals surface area contributed by atoms with E-state index in [1.165, 1.54) is 66.4 Å². The van der Waals surface area contributed by atoms with Crippen molar-refractivity contribution in [2.75, 3.05) is 4.90 Å². The predicted octanol–water partition coefficient (Wildman–Crippen LogP) is 14.0. The normalized spacial score (nSPS) is 12.6. The summed E-state index contributed by atoms with van der Waals surface area (Å²) in [5.74, 6) is 0. The van der Waals surface area contributed by atoms with E-state index in [2.05, 4.69) is 229 Å². The van der Waals surface area contributed by atoms with Gasteiger partial charge in [-0.05, 0) is 79.5 Å². The molecule has 0 unspecified atom stereocenters. The van der Waals surface area contributed by atoms with Gasteiger partial charge in [0, 0.05) is 16.8 Å². The van der Waals surface area contributed by atoms with Crippen molar-refractivity contribution in [3.63, 3.8) is 0 Å². The minimum Gasteiger partial charge on any atom is -0.309 e. The molecular formula is C53H37N. The summed E-state index contributed by atoms with van der Waals surface area (Å²) in [5.41, 5.74) is 15.2. The third kappa shape index (κ3) is 5.01. The zero-order chi connectivity index (χ0) is 35.9. The fourth-order valence-corrected chi connectivity index (χ4v) is 8.89. The van der Waals surface area contributed by atoms with Crippen LogP contribution in [0.5, 0.6) is 0 Å². The fourth-order valence-electron chi connectivity index (χ4n) is 8.89. The molecule has 9 aromatic rings. The number of anilines is 3. The van der Waals surface area contributed by atoms with Crippen LogP contribution in [-0.2, 0) is 5.41 Å². The number of nitrogens with zero attached hydrogens (tertiary/aromatic N) is 1. The topological polar surface area (TPSA) is 3.24 Å². The maximum absolute atomic E-state index is 2.50. The SMILES string of the molecule is c1ccc(-c2ccccc2N(c2cccc(-c3cccc4ccccc34)c2)c2cccc3c2-c2ccccc2C3(c2ccccc2)c2ccccc2)cc1. The van der Waals surface area contributed by atoms with Gasteiger partial charge in [-0.2, -0.15) is 0 Å². The van der Waals surface area contributed by atoms with Crippen molar-refractivity contribution in [2.45, 2.75) is 5.41 Å². The molecule has 0 spiro atoms. The first-order chi connectivity index (χ1) is 26.8. The molecule has 1 heteroatoms. The Morgan fingerprint density at radius 2 is 0.852 bits per heavy atom. The van der Waals surface area contributed by atoms with Crippen molar-refractivity contribution in [3.8, 4) is 33.4 Å². The number of hydrogen-bond donors (Lipinski definition) is 0. The van der Waals surface area contributed by atoms with Crippen molar-refractivity contribution in [3.05, 3.63) is 247 Å². The monoisotopic (exact) mass is 687 g/mol. The van der Waals surface area contributed by atoms with Crippen LogP contribution in [0.3, 0.4) is 0 Å². The van der Waals surface area contributed by atoms with Gasteiger partial charge in [0.05, 0.1) is 16.8 Å². The Morgan fingerprint density at radius 1 is 0.333 bits per heavy atom. The van der Waals surface area contributed by atoms with Crippen LogP contribution in [0.4, 0.5) is 17.1 Å². The molecule has 254 valence electrons. The largest absolute Gasteiger partial charge is 0.309 e. The highest BCUT2D eigenvalue weighted by Crippen LogP contribution is 2.59. The number of hydrogen-bond acceptors (Lipinski definition) is 1. The summed E-state index contributed by atoms with van der Waals surface area (Å²) in [4.78, 5) is 2.50. The van der Waals surface area contributed by atoms with Gasteiger partial charge in [-0.3, -0.25) is 0 Å². The Kier molecular flexibility index (Phi) is 7.78. The molecule has 0 amide bonds. The van der Waals surface area contributed by atoms with Gasteiger partial charge >= 0.3 is 0 Å². The summed E-state index contributed by atoms with van der Waals surface area (Å²) in [5, 5.41) is 2.49. The minimum absolute atomic E-state index is 0.500. The van der Waals surface area contributed by atoms with Crippen LogP contribution in [0.15, 0.2) is 224 Å². The molecule has 0 saturated carbocycles. The lowest BCUT2D eigenvalue weighted by atomic mass is 9.68. The molecule has 10 rings (SSSR count). The number of benzene rings is 9. The smallest absolute Gasteiger partial charge is 0.0714 e. The van der Waals surface area contributed by atoms with Crippen LogP contribution >= 0.6 is 0 Å². The van der Waals surface area contributed by atoms with Gasteiger partial charge in [-0.15, -0.1) is 0 Å². The van der Waals surface area contributed by atoms with Gasteiger partial charge in [0.1, 0.15) is 0 Å². The lowest BCUT2D eigenvalue weighted by Gasteiger charge is -2.34. The highest BCUT2D eigenvalue weighted by molar-refractivity contribution is 6.01. The van der Waals surface area contributed by atoms with Crippen molar-refractivity contribution >= 4 is 27.8 Å².